The lowest BCUT2D eigenvalue weighted by atomic mass is 10.1. The highest BCUT2D eigenvalue weighted by atomic mass is 16.6. The maximum absolute atomic E-state index is 13.5. The van der Waals surface area contributed by atoms with Crippen LogP contribution in [-0.2, 0) is 0 Å². The molecule has 2 heterocycles. The largest absolute Gasteiger partial charge is 0.495 e. The van der Waals surface area contributed by atoms with Crippen molar-refractivity contribution in [3.8, 4) is 11.5 Å². The van der Waals surface area contributed by atoms with Crippen LogP contribution >= 0.6 is 0 Å². The normalized spacial score (nSPS) is 15.5. The predicted octanol–water partition coefficient (Wildman–Crippen LogP) is 3.54. The maximum atomic E-state index is 13.5. The van der Waals surface area contributed by atoms with Gasteiger partial charge >= 0.3 is 0 Å². The van der Waals surface area contributed by atoms with Gasteiger partial charge in [0.25, 0.3) is 17.5 Å². The van der Waals surface area contributed by atoms with Gasteiger partial charge in [-0.2, -0.15) is 0 Å². The standard InChI is InChI=1S/C30H33N5O6/c1-40-27-9-5-3-7-25(27)31-11-15-33(16-12-31)29(36)22-19-23(21-24(20-22)35(38)39)30(37)34-17-13-32(14-18-34)26-8-4-6-10-28(26)41-2/h3-10,19-21H,11-18H2,1-2H3. The highest BCUT2D eigenvalue weighted by molar-refractivity contribution is 6.01. The van der Waals surface area contributed by atoms with Crippen LogP contribution < -0.4 is 19.3 Å². The van der Waals surface area contributed by atoms with Gasteiger partial charge in [-0.3, -0.25) is 19.7 Å². The van der Waals surface area contributed by atoms with Crippen molar-refractivity contribution < 1.29 is 24.0 Å². The zero-order chi connectivity index (χ0) is 28.9. The molecule has 11 nitrogen and oxygen atoms in total. The van der Waals surface area contributed by atoms with Gasteiger partial charge in [0.2, 0.25) is 0 Å². The molecule has 2 saturated heterocycles. The molecule has 2 fully saturated rings. The van der Waals surface area contributed by atoms with Crippen LogP contribution in [0.2, 0.25) is 0 Å². The summed E-state index contributed by atoms with van der Waals surface area (Å²) in [4.78, 5) is 45.8. The number of ether oxygens (including phenoxy) is 2. The molecule has 2 aliphatic rings. The monoisotopic (exact) mass is 559 g/mol. The molecule has 3 aromatic carbocycles. The fourth-order valence-corrected chi connectivity index (χ4v) is 5.41. The van der Waals surface area contributed by atoms with Gasteiger partial charge in [-0.15, -0.1) is 0 Å². The number of methoxy groups -OCH3 is 2. The van der Waals surface area contributed by atoms with Gasteiger partial charge in [-0.1, -0.05) is 24.3 Å². The second-order valence-electron chi connectivity index (χ2n) is 9.93. The Hall–Kier alpha value is -4.80. The highest BCUT2D eigenvalue weighted by Gasteiger charge is 2.29. The lowest BCUT2D eigenvalue weighted by molar-refractivity contribution is -0.384. The molecule has 5 rings (SSSR count). The Morgan fingerprint density at radius 3 is 1.41 bits per heavy atom. The molecule has 0 aromatic heterocycles. The number of benzene rings is 3. The Morgan fingerprint density at radius 2 is 1.05 bits per heavy atom. The van der Waals surface area contributed by atoms with Gasteiger partial charge in [0.1, 0.15) is 11.5 Å². The number of non-ortho nitro benzene ring substituents is 1. The van der Waals surface area contributed by atoms with E-state index in [9.17, 15) is 19.7 Å². The first-order chi connectivity index (χ1) is 19.9. The van der Waals surface area contributed by atoms with Crippen LogP contribution in [0, 0.1) is 10.1 Å². The van der Waals surface area contributed by atoms with E-state index in [2.05, 4.69) is 9.80 Å². The quantitative estimate of drug-likeness (QED) is 0.320. The minimum Gasteiger partial charge on any atom is -0.495 e. The van der Waals surface area contributed by atoms with Crippen molar-refractivity contribution in [2.75, 3.05) is 76.4 Å². The number of piperazine rings is 2. The summed E-state index contributed by atoms with van der Waals surface area (Å²) in [6.07, 6.45) is 0. The van der Waals surface area contributed by atoms with Gasteiger partial charge in [0.05, 0.1) is 30.5 Å². The van der Waals surface area contributed by atoms with Crippen LogP contribution in [-0.4, -0.2) is 93.1 Å². The molecule has 0 saturated carbocycles. The Balaban J connectivity index is 1.28. The van der Waals surface area contributed by atoms with Crippen molar-refractivity contribution in [1.29, 1.82) is 0 Å². The van der Waals surface area contributed by atoms with Crippen LogP contribution in [0.4, 0.5) is 17.1 Å². The molecule has 214 valence electrons. The number of anilines is 2. The van der Waals surface area contributed by atoms with Gasteiger partial charge in [0, 0.05) is 75.6 Å². The third-order valence-corrected chi connectivity index (χ3v) is 7.61. The molecule has 11 heteroatoms. The topological polar surface area (TPSA) is 109 Å². The minimum atomic E-state index is -0.563. The Bertz CT molecular complexity index is 1330. The Morgan fingerprint density at radius 1 is 0.659 bits per heavy atom. The minimum absolute atomic E-state index is 0.140. The van der Waals surface area contributed by atoms with Crippen LogP contribution in [0.5, 0.6) is 11.5 Å². The molecule has 0 aliphatic carbocycles. The summed E-state index contributed by atoms with van der Waals surface area (Å²) >= 11 is 0. The van der Waals surface area contributed by atoms with Crippen molar-refractivity contribution in [2.24, 2.45) is 0 Å². The molecule has 0 N–H and O–H groups in total. The predicted molar refractivity (Wildman–Crippen MR) is 155 cm³/mol. The number of hydrogen-bond donors (Lipinski definition) is 0. The smallest absolute Gasteiger partial charge is 0.271 e. The van der Waals surface area contributed by atoms with E-state index in [1.54, 1.807) is 24.0 Å². The number of nitro benzene ring substituents is 1. The Labute approximate surface area is 238 Å². The van der Waals surface area contributed by atoms with E-state index in [0.717, 1.165) is 22.9 Å². The van der Waals surface area contributed by atoms with Crippen molar-refractivity contribution in [3.63, 3.8) is 0 Å². The third kappa shape index (κ3) is 5.88. The molecule has 41 heavy (non-hydrogen) atoms. The average molecular weight is 560 g/mol. The lowest BCUT2D eigenvalue weighted by Gasteiger charge is -2.37. The number of amides is 2. The van der Waals surface area contributed by atoms with Gasteiger partial charge in [0.15, 0.2) is 0 Å². The van der Waals surface area contributed by atoms with E-state index in [4.69, 9.17) is 9.47 Å². The maximum Gasteiger partial charge on any atom is 0.271 e. The van der Waals surface area contributed by atoms with Gasteiger partial charge in [-0.05, 0) is 30.3 Å². The summed E-state index contributed by atoms with van der Waals surface area (Å²) in [6, 6.07) is 19.4. The molecule has 0 unspecified atom stereocenters. The summed E-state index contributed by atoms with van der Waals surface area (Å²) in [6.45, 7) is 4.10. The summed E-state index contributed by atoms with van der Waals surface area (Å²) in [5.41, 5.74) is 1.91. The molecule has 3 aromatic rings. The van der Waals surface area contributed by atoms with E-state index >= 15 is 0 Å². The number of hydrogen-bond acceptors (Lipinski definition) is 8. The van der Waals surface area contributed by atoms with E-state index in [-0.39, 0.29) is 28.6 Å². The molecular weight excluding hydrogens is 526 g/mol. The summed E-state index contributed by atoms with van der Waals surface area (Å²) in [5.74, 6) is 0.863. The van der Waals surface area contributed by atoms with Crippen LogP contribution in [0.15, 0.2) is 66.7 Å². The fourth-order valence-electron chi connectivity index (χ4n) is 5.41. The summed E-state index contributed by atoms with van der Waals surface area (Å²) in [5, 5.41) is 11.7. The lowest BCUT2D eigenvalue weighted by Crippen LogP contribution is -2.49. The molecular formula is C30H33N5O6. The van der Waals surface area contributed by atoms with Crippen molar-refractivity contribution >= 4 is 28.9 Å². The fraction of sp³-hybridized carbons (Fsp3) is 0.333. The van der Waals surface area contributed by atoms with Crippen LogP contribution in [0.25, 0.3) is 0 Å². The zero-order valence-electron chi connectivity index (χ0n) is 23.2. The molecule has 0 spiro atoms. The van der Waals surface area contributed by atoms with E-state index < -0.39 is 4.92 Å². The van der Waals surface area contributed by atoms with E-state index in [1.165, 1.54) is 18.2 Å². The van der Waals surface area contributed by atoms with Crippen LogP contribution in [0.3, 0.4) is 0 Å². The number of para-hydroxylation sites is 4. The summed E-state index contributed by atoms with van der Waals surface area (Å²) in [7, 11) is 3.25. The van der Waals surface area contributed by atoms with Gasteiger partial charge in [-0.25, -0.2) is 0 Å². The SMILES string of the molecule is COc1ccccc1N1CCN(C(=O)c2cc(C(=O)N3CCN(c4ccccc4OC)CC3)cc([N+](=O)[O-])c2)CC1. The molecule has 0 bridgehead atoms. The van der Waals surface area contributed by atoms with Crippen molar-refractivity contribution in [3.05, 3.63) is 88.0 Å². The summed E-state index contributed by atoms with van der Waals surface area (Å²) < 4.78 is 10.9. The molecule has 2 aliphatic heterocycles. The van der Waals surface area contributed by atoms with Crippen molar-refractivity contribution in [2.45, 2.75) is 0 Å². The average Bonchev–Trinajstić information content (AvgIpc) is 3.03. The first-order valence-corrected chi connectivity index (χ1v) is 13.5. The molecule has 0 radical (unpaired) electrons. The highest BCUT2D eigenvalue weighted by Crippen LogP contribution is 2.30. The Kier molecular flexibility index (Phi) is 8.23. The van der Waals surface area contributed by atoms with Crippen LogP contribution in [0.1, 0.15) is 20.7 Å². The zero-order valence-corrected chi connectivity index (χ0v) is 23.2. The number of nitro groups is 1. The first kappa shape index (κ1) is 27.8. The van der Waals surface area contributed by atoms with E-state index in [1.807, 2.05) is 48.5 Å². The molecule has 2 amide bonds. The van der Waals surface area contributed by atoms with E-state index in [0.29, 0.717) is 52.4 Å². The molecule has 0 atom stereocenters. The number of rotatable bonds is 7. The van der Waals surface area contributed by atoms with Crippen molar-refractivity contribution in [1.82, 2.24) is 9.80 Å². The number of nitrogens with zero attached hydrogens (tertiary/aromatic N) is 5. The number of carbonyl (C=O) groups is 2. The first-order valence-electron chi connectivity index (χ1n) is 13.5. The number of carbonyl (C=O) groups excluding carboxylic acids is 2. The second kappa shape index (κ2) is 12.2. The van der Waals surface area contributed by atoms with Gasteiger partial charge < -0.3 is 29.1 Å². The third-order valence-electron chi connectivity index (χ3n) is 7.61. The second-order valence-corrected chi connectivity index (χ2v) is 9.93.